The minimum atomic E-state index is -0.204. The zero-order valence-electron chi connectivity index (χ0n) is 14.8. The summed E-state index contributed by atoms with van der Waals surface area (Å²) in [7, 11) is 3.14. The van der Waals surface area contributed by atoms with E-state index in [2.05, 4.69) is 26.2 Å². The molecular formula is C19H16BrClN2O3S. The number of amidine groups is 1. The standard InChI is InChI=1S/C19H16BrClN2O3S/c1-10-13(21)5-4-6-14(10)22-19-23-18(24)16(27-19)9-11-7-12(20)17(26-3)15(8-11)25-2/h4-9H,1-3H3,(H,22,23,24)/b16-9+. The first-order valence-corrected chi connectivity index (χ1v) is 9.88. The van der Waals surface area contributed by atoms with Crippen molar-refractivity contribution in [3.05, 3.63) is 55.9 Å². The predicted octanol–water partition coefficient (Wildman–Crippen LogP) is 5.32. The number of carbonyl (C=O) groups excluding carboxylic acids is 1. The first kappa shape index (κ1) is 19.8. The molecule has 1 heterocycles. The molecule has 0 unspecified atom stereocenters. The average Bonchev–Trinajstić information content (AvgIpc) is 2.97. The Morgan fingerprint density at radius 1 is 1.26 bits per heavy atom. The number of nitrogens with zero attached hydrogens (tertiary/aromatic N) is 1. The number of halogens is 2. The highest BCUT2D eigenvalue weighted by Crippen LogP contribution is 2.38. The van der Waals surface area contributed by atoms with Crippen LogP contribution in [0.3, 0.4) is 0 Å². The maximum Gasteiger partial charge on any atom is 0.264 e. The second-order valence-corrected chi connectivity index (χ2v) is 7.90. The molecular weight excluding hydrogens is 452 g/mol. The van der Waals surface area contributed by atoms with Gasteiger partial charge in [0.05, 0.1) is 29.3 Å². The van der Waals surface area contributed by atoms with Crippen LogP contribution in [-0.4, -0.2) is 25.3 Å². The van der Waals surface area contributed by atoms with E-state index in [-0.39, 0.29) is 5.91 Å². The second-order valence-electron chi connectivity index (χ2n) is 5.60. The summed E-state index contributed by atoms with van der Waals surface area (Å²) in [6.45, 7) is 1.89. The van der Waals surface area contributed by atoms with Crippen molar-refractivity contribution in [3.8, 4) is 11.5 Å². The molecule has 2 aromatic carbocycles. The Kier molecular flexibility index (Phi) is 6.14. The summed E-state index contributed by atoms with van der Waals surface area (Å²) in [4.78, 5) is 17.4. The van der Waals surface area contributed by atoms with Crippen LogP contribution < -0.4 is 14.8 Å². The number of benzene rings is 2. The van der Waals surface area contributed by atoms with E-state index < -0.39 is 0 Å². The highest BCUT2D eigenvalue weighted by molar-refractivity contribution is 9.10. The van der Waals surface area contributed by atoms with Crippen LogP contribution in [0.1, 0.15) is 11.1 Å². The first-order chi connectivity index (χ1) is 12.9. The number of carbonyl (C=O) groups is 1. The Balaban J connectivity index is 1.91. The molecule has 0 atom stereocenters. The number of hydrogen-bond donors (Lipinski definition) is 1. The summed E-state index contributed by atoms with van der Waals surface area (Å²) in [5.74, 6) is 0.969. The van der Waals surface area contributed by atoms with Gasteiger partial charge in [-0.05, 0) is 76.1 Å². The third-order valence-electron chi connectivity index (χ3n) is 3.87. The number of nitrogens with one attached hydrogen (secondary N) is 1. The lowest BCUT2D eigenvalue weighted by Gasteiger charge is -2.10. The Morgan fingerprint density at radius 2 is 2.04 bits per heavy atom. The molecule has 0 radical (unpaired) electrons. The van der Waals surface area contributed by atoms with Crippen LogP contribution in [0.15, 0.2) is 44.7 Å². The smallest absolute Gasteiger partial charge is 0.264 e. The van der Waals surface area contributed by atoms with Gasteiger partial charge in [0.25, 0.3) is 5.91 Å². The summed E-state index contributed by atoms with van der Waals surface area (Å²) in [6, 6.07) is 9.16. The Bertz CT molecular complexity index is 976. The molecule has 1 saturated heterocycles. The van der Waals surface area contributed by atoms with Gasteiger partial charge in [-0.1, -0.05) is 17.7 Å². The van der Waals surface area contributed by atoms with Gasteiger partial charge in [0.1, 0.15) is 0 Å². The molecule has 0 aromatic heterocycles. The van der Waals surface area contributed by atoms with Crippen LogP contribution in [0, 0.1) is 6.92 Å². The number of amides is 1. The molecule has 3 rings (SSSR count). The third-order valence-corrected chi connectivity index (χ3v) is 5.77. The van der Waals surface area contributed by atoms with Crippen LogP contribution in [-0.2, 0) is 4.79 Å². The molecule has 140 valence electrons. The molecule has 1 N–H and O–H groups in total. The minimum absolute atomic E-state index is 0.204. The van der Waals surface area contributed by atoms with Gasteiger partial charge in [0, 0.05) is 5.02 Å². The fourth-order valence-corrected chi connectivity index (χ4v) is 4.11. The lowest BCUT2D eigenvalue weighted by atomic mass is 10.2. The number of thioether (sulfide) groups is 1. The van der Waals surface area contributed by atoms with Crippen molar-refractivity contribution in [2.75, 3.05) is 14.2 Å². The van der Waals surface area contributed by atoms with E-state index in [1.165, 1.54) is 11.8 Å². The lowest BCUT2D eigenvalue weighted by molar-refractivity contribution is -0.115. The van der Waals surface area contributed by atoms with Gasteiger partial charge in [0.15, 0.2) is 16.7 Å². The van der Waals surface area contributed by atoms with Crippen molar-refractivity contribution in [3.63, 3.8) is 0 Å². The molecule has 8 heteroatoms. The molecule has 1 aliphatic heterocycles. The van der Waals surface area contributed by atoms with E-state index in [4.69, 9.17) is 21.1 Å². The van der Waals surface area contributed by atoms with E-state index in [1.54, 1.807) is 32.4 Å². The van der Waals surface area contributed by atoms with E-state index in [0.29, 0.717) is 26.6 Å². The summed E-state index contributed by atoms with van der Waals surface area (Å²) in [5.41, 5.74) is 2.39. The van der Waals surface area contributed by atoms with Gasteiger partial charge < -0.3 is 14.8 Å². The Hall–Kier alpha value is -1.96. The quantitative estimate of drug-likeness (QED) is 0.618. The molecule has 1 amide bonds. The van der Waals surface area contributed by atoms with Crippen LogP contribution in [0.25, 0.3) is 6.08 Å². The zero-order valence-corrected chi connectivity index (χ0v) is 18.0. The lowest BCUT2D eigenvalue weighted by Crippen LogP contribution is -2.19. The first-order valence-electron chi connectivity index (χ1n) is 7.89. The summed E-state index contributed by atoms with van der Waals surface area (Å²) < 4.78 is 11.4. The zero-order chi connectivity index (χ0) is 19.6. The maximum atomic E-state index is 12.3. The van der Waals surface area contributed by atoms with Gasteiger partial charge in [-0.2, -0.15) is 0 Å². The van der Waals surface area contributed by atoms with Crippen LogP contribution in [0.5, 0.6) is 11.5 Å². The van der Waals surface area contributed by atoms with E-state index in [9.17, 15) is 4.79 Å². The van der Waals surface area contributed by atoms with Crippen molar-refractivity contribution >= 4 is 62.1 Å². The van der Waals surface area contributed by atoms with Gasteiger partial charge in [-0.3, -0.25) is 4.79 Å². The molecule has 1 aliphatic rings. The largest absolute Gasteiger partial charge is 0.493 e. The number of hydrogen-bond acceptors (Lipinski definition) is 5. The predicted molar refractivity (Wildman–Crippen MR) is 114 cm³/mol. The highest BCUT2D eigenvalue weighted by Gasteiger charge is 2.24. The van der Waals surface area contributed by atoms with E-state index in [0.717, 1.165) is 21.3 Å². The normalized spacial score (nSPS) is 16.7. The van der Waals surface area contributed by atoms with Crippen LogP contribution >= 0.6 is 39.3 Å². The van der Waals surface area contributed by atoms with E-state index in [1.807, 2.05) is 25.1 Å². The summed E-state index contributed by atoms with van der Waals surface area (Å²) in [6.07, 6.45) is 1.78. The molecule has 0 bridgehead atoms. The number of methoxy groups -OCH3 is 2. The van der Waals surface area contributed by atoms with Gasteiger partial charge >= 0.3 is 0 Å². The molecule has 0 spiro atoms. The van der Waals surface area contributed by atoms with Gasteiger partial charge in [-0.25, -0.2) is 4.99 Å². The summed E-state index contributed by atoms with van der Waals surface area (Å²) >= 11 is 10.9. The number of ether oxygens (including phenoxy) is 2. The molecule has 1 fully saturated rings. The van der Waals surface area contributed by atoms with Crippen molar-refractivity contribution in [2.45, 2.75) is 6.92 Å². The topological polar surface area (TPSA) is 59.9 Å². The van der Waals surface area contributed by atoms with Crippen molar-refractivity contribution in [1.29, 1.82) is 0 Å². The van der Waals surface area contributed by atoms with Gasteiger partial charge in [0.2, 0.25) is 0 Å². The Morgan fingerprint density at radius 3 is 2.74 bits per heavy atom. The maximum absolute atomic E-state index is 12.3. The Labute approximate surface area is 174 Å². The summed E-state index contributed by atoms with van der Waals surface area (Å²) in [5, 5.41) is 3.93. The van der Waals surface area contributed by atoms with Crippen molar-refractivity contribution in [2.24, 2.45) is 4.99 Å². The molecule has 0 aliphatic carbocycles. The average molecular weight is 468 g/mol. The molecule has 27 heavy (non-hydrogen) atoms. The monoisotopic (exact) mass is 466 g/mol. The van der Waals surface area contributed by atoms with Gasteiger partial charge in [-0.15, -0.1) is 0 Å². The van der Waals surface area contributed by atoms with Crippen molar-refractivity contribution in [1.82, 2.24) is 5.32 Å². The minimum Gasteiger partial charge on any atom is -0.493 e. The fourth-order valence-electron chi connectivity index (χ4n) is 2.48. The third kappa shape index (κ3) is 4.31. The van der Waals surface area contributed by atoms with Crippen molar-refractivity contribution < 1.29 is 14.3 Å². The van der Waals surface area contributed by atoms with E-state index >= 15 is 0 Å². The number of aliphatic imine (C=N–C) groups is 1. The second kappa shape index (κ2) is 8.37. The number of rotatable bonds is 4. The van der Waals surface area contributed by atoms with Crippen LogP contribution in [0.4, 0.5) is 5.69 Å². The fraction of sp³-hybridized carbons (Fsp3) is 0.158. The molecule has 2 aromatic rings. The SMILES string of the molecule is COc1cc(/C=C2/SC(=Nc3cccc(Cl)c3C)NC2=O)cc(Br)c1OC. The molecule has 5 nitrogen and oxygen atoms in total. The van der Waals surface area contributed by atoms with Crippen LogP contribution in [0.2, 0.25) is 5.02 Å². The molecule has 0 saturated carbocycles. The highest BCUT2D eigenvalue weighted by atomic mass is 79.9.